The average molecular weight is 253 g/mol. The third-order valence-electron chi connectivity index (χ3n) is 4.37. The molecule has 1 unspecified atom stereocenters. The van der Waals surface area contributed by atoms with Crippen LogP contribution >= 0.6 is 0 Å². The normalized spacial score (nSPS) is 26.7. The van der Waals surface area contributed by atoms with Crippen molar-refractivity contribution in [2.75, 3.05) is 20.1 Å². The highest BCUT2D eigenvalue weighted by Crippen LogP contribution is 2.42. The van der Waals surface area contributed by atoms with Gasteiger partial charge in [-0.1, -0.05) is 6.42 Å². The number of nitrogens with two attached hydrogens (primary N) is 1. The molecule has 5 nitrogen and oxygen atoms in total. The van der Waals surface area contributed by atoms with Gasteiger partial charge in [-0.2, -0.15) is 0 Å². The molecule has 1 aliphatic carbocycles. The molecule has 5 heteroatoms. The van der Waals surface area contributed by atoms with Gasteiger partial charge in [-0.3, -0.25) is 9.59 Å². The summed E-state index contributed by atoms with van der Waals surface area (Å²) in [6.07, 6.45) is 5.15. The Balaban J connectivity index is 1.79. The number of likely N-dealkylation sites (tertiary alicyclic amines) is 1. The minimum absolute atomic E-state index is 0.0560. The summed E-state index contributed by atoms with van der Waals surface area (Å²) in [5.41, 5.74) is 5.81. The van der Waals surface area contributed by atoms with Gasteiger partial charge < -0.3 is 16.0 Å². The second-order valence-electron chi connectivity index (χ2n) is 5.81. The predicted molar refractivity (Wildman–Crippen MR) is 68.8 cm³/mol. The van der Waals surface area contributed by atoms with Crippen molar-refractivity contribution in [2.24, 2.45) is 11.1 Å². The Morgan fingerprint density at radius 1 is 1.56 bits per heavy atom. The van der Waals surface area contributed by atoms with Crippen molar-refractivity contribution < 1.29 is 9.59 Å². The minimum atomic E-state index is 0.0560. The Bertz CT molecular complexity index is 334. The lowest BCUT2D eigenvalue weighted by atomic mass is 9.66. The van der Waals surface area contributed by atoms with E-state index >= 15 is 0 Å². The van der Waals surface area contributed by atoms with Gasteiger partial charge in [0.05, 0.1) is 0 Å². The van der Waals surface area contributed by atoms with E-state index in [1.807, 2.05) is 0 Å². The van der Waals surface area contributed by atoms with Crippen molar-refractivity contribution in [3.8, 4) is 0 Å². The molecule has 2 amide bonds. The number of carbonyl (C=O) groups is 2. The molecular weight excluding hydrogens is 230 g/mol. The highest BCUT2D eigenvalue weighted by molar-refractivity contribution is 5.79. The first-order valence-electron chi connectivity index (χ1n) is 6.78. The van der Waals surface area contributed by atoms with Crippen LogP contribution in [0.25, 0.3) is 0 Å². The van der Waals surface area contributed by atoms with Gasteiger partial charge in [0, 0.05) is 32.5 Å². The van der Waals surface area contributed by atoms with Gasteiger partial charge in [-0.15, -0.1) is 0 Å². The Kier molecular flexibility index (Phi) is 3.90. The summed E-state index contributed by atoms with van der Waals surface area (Å²) in [6, 6.07) is 0.107. The molecule has 0 radical (unpaired) electrons. The Morgan fingerprint density at radius 3 is 2.78 bits per heavy atom. The Hall–Kier alpha value is -1.10. The van der Waals surface area contributed by atoms with E-state index < -0.39 is 0 Å². The summed E-state index contributed by atoms with van der Waals surface area (Å²) in [5.74, 6) is 0.255. The summed E-state index contributed by atoms with van der Waals surface area (Å²) < 4.78 is 0. The number of amides is 2. The van der Waals surface area contributed by atoms with Crippen LogP contribution in [-0.4, -0.2) is 42.9 Å². The summed E-state index contributed by atoms with van der Waals surface area (Å²) in [4.78, 5) is 25.0. The fourth-order valence-corrected chi connectivity index (χ4v) is 2.88. The molecule has 1 saturated heterocycles. The second-order valence-corrected chi connectivity index (χ2v) is 5.81. The minimum Gasteiger partial charge on any atom is -0.352 e. The highest BCUT2D eigenvalue weighted by Gasteiger charge is 2.38. The van der Waals surface area contributed by atoms with Gasteiger partial charge in [0.1, 0.15) is 0 Å². The molecular formula is C13H23N3O2. The van der Waals surface area contributed by atoms with Crippen LogP contribution in [0.1, 0.15) is 38.5 Å². The molecule has 1 heterocycles. The van der Waals surface area contributed by atoms with E-state index in [1.165, 1.54) is 6.42 Å². The third-order valence-corrected chi connectivity index (χ3v) is 4.37. The lowest BCUT2D eigenvalue weighted by Crippen LogP contribution is -2.50. The van der Waals surface area contributed by atoms with Crippen LogP contribution in [0, 0.1) is 5.41 Å². The molecule has 1 saturated carbocycles. The quantitative estimate of drug-likeness (QED) is 0.753. The summed E-state index contributed by atoms with van der Waals surface area (Å²) in [6.45, 7) is 1.23. The molecule has 0 aromatic carbocycles. The van der Waals surface area contributed by atoms with Crippen LogP contribution in [0.4, 0.5) is 0 Å². The third kappa shape index (κ3) is 2.83. The van der Waals surface area contributed by atoms with Gasteiger partial charge in [0.15, 0.2) is 0 Å². The molecule has 0 spiro atoms. The Labute approximate surface area is 108 Å². The summed E-state index contributed by atoms with van der Waals surface area (Å²) in [7, 11) is 1.79. The number of nitrogens with one attached hydrogen (secondary N) is 1. The molecule has 2 fully saturated rings. The maximum atomic E-state index is 12.0. The van der Waals surface area contributed by atoms with E-state index in [2.05, 4.69) is 5.32 Å². The zero-order chi connectivity index (χ0) is 13.2. The van der Waals surface area contributed by atoms with Crippen LogP contribution in [0.5, 0.6) is 0 Å². The Morgan fingerprint density at radius 2 is 2.28 bits per heavy atom. The van der Waals surface area contributed by atoms with E-state index in [4.69, 9.17) is 5.73 Å². The lowest BCUT2D eigenvalue weighted by Gasteiger charge is -2.41. The van der Waals surface area contributed by atoms with Gasteiger partial charge in [-0.25, -0.2) is 0 Å². The number of piperidine rings is 1. The molecule has 102 valence electrons. The lowest BCUT2D eigenvalue weighted by molar-refractivity contribution is -0.134. The molecule has 1 aliphatic heterocycles. The number of likely N-dealkylation sites (N-methyl/N-ethyl adjacent to an activating group) is 1. The van der Waals surface area contributed by atoms with Crippen LogP contribution < -0.4 is 11.1 Å². The number of hydrogen-bond donors (Lipinski definition) is 2. The van der Waals surface area contributed by atoms with E-state index in [0.29, 0.717) is 25.9 Å². The molecule has 3 N–H and O–H groups in total. The number of rotatable bonds is 4. The average Bonchev–Trinajstić information content (AvgIpc) is 2.29. The zero-order valence-corrected chi connectivity index (χ0v) is 11.1. The van der Waals surface area contributed by atoms with Crippen LogP contribution in [0.2, 0.25) is 0 Å². The molecule has 2 rings (SSSR count). The van der Waals surface area contributed by atoms with Crippen molar-refractivity contribution in [3.05, 3.63) is 0 Å². The molecule has 0 aromatic rings. The van der Waals surface area contributed by atoms with E-state index in [1.54, 1.807) is 11.9 Å². The van der Waals surface area contributed by atoms with E-state index in [0.717, 1.165) is 19.3 Å². The second kappa shape index (κ2) is 5.26. The molecule has 2 aliphatic rings. The van der Waals surface area contributed by atoms with Crippen molar-refractivity contribution in [1.82, 2.24) is 10.2 Å². The van der Waals surface area contributed by atoms with Crippen LogP contribution in [0.3, 0.4) is 0 Å². The van der Waals surface area contributed by atoms with Gasteiger partial charge in [0.25, 0.3) is 0 Å². The number of nitrogens with zero attached hydrogens (tertiary/aromatic N) is 1. The largest absolute Gasteiger partial charge is 0.352 e. The molecule has 1 atom stereocenters. The summed E-state index contributed by atoms with van der Waals surface area (Å²) >= 11 is 0. The van der Waals surface area contributed by atoms with Crippen molar-refractivity contribution in [1.29, 1.82) is 0 Å². The maximum absolute atomic E-state index is 12.0. The van der Waals surface area contributed by atoms with Crippen LogP contribution in [-0.2, 0) is 9.59 Å². The fourth-order valence-electron chi connectivity index (χ4n) is 2.88. The first-order chi connectivity index (χ1) is 8.54. The molecule has 18 heavy (non-hydrogen) atoms. The summed E-state index contributed by atoms with van der Waals surface area (Å²) in [5, 5.41) is 3.04. The first-order valence-corrected chi connectivity index (χ1v) is 6.78. The van der Waals surface area contributed by atoms with Crippen molar-refractivity contribution in [2.45, 2.75) is 44.6 Å². The first kappa shape index (κ1) is 13.3. The SMILES string of the molecule is CN1CC(NC(=O)CC2(CN)CCC2)CCC1=O. The van der Waals surface area contributed by atoms with E-state index in [-0.39, 0.29) is 23.3 Å². The zero-order valence-electron chi connectivity index (χ0n) is 11.1. The van der Waals surface area contributed by atoms with Crippen molar-refractivity contribution >= 4 is 11.8 Å². The van der Waals surface area contributed by atoms with Gasteiger partial charge >= 0.3 is 0 Å². The molecule has 0 aromatic heterocycles. The number of carbonyl (C=O) groups excluding carboxylic acids is 2. The number of hydrogen-bond acceptors (Lipinski definition) is 3. The highest BCUT2D eigenvalue weighted by atomic mass is 16.2. The van der Waals surface area contributed by atoms with Gasteiger partial charge in [-0.05, 0) is 31.2 Å². The molecule has 0 bridgehead atoms. The van der Waals surface area contributed by atoms with Crippen molar-refractivity contribution in [3.63, 3.8) is 0 Å². The predicted octanol–water partition coefficient (Wildman–Crippen LogP) is 0.243. The maximum Gasteiger partial charge on any atom is 0.222 e. The standard InChI is InChI=1S/C13H23N3O2/c1-16-8-10(3-4-12(16)18)15-11(17)7-13(9-14)5-2-6-13/h10H,2-9,14H2,1H3,(H,15,17). The van der Waals surface area contributed by atoms with Gasteiger partial charge in [0.2, 0.25) is 11.8 Å². The smallest absolute Gasteiger partial charge is 0.222 e. The van der Waals surface area contributed by atoms with E-state index in [9.17, 15) is 9.59 Å². The van der Waals surface area contributed by atoms with Crippen LogP contribution in [0.15, 0.2) is 0 Å². The fraction of sp³-hybridized carbons (Fsp3) is 0.846. The topological polar surface area (TPSA) is 75.4 Å². The monoisotopic (exact) mass is 253 g/mol.